The molecule has 1 N–H and O–H groups in total. The van der Waals surface area contributed by atoms with E-state index in [1.54, 1.807) is 30.3 Å². The molecule has 0 aliphatic carbocycles. The molecule has 0 heterocycles. The van der Waals surface area contributed by atoms with Crippen LogP contribution in [-0.2, 0) is 6.61 Å². The highest BCUT2D eigenvalue weighted by atomic mass is 35.5. The second-order valence-corrected chi connectivity index (χ2v) is 4.26. The molecule has 0 unspecified atom stereocenters. The molecule has 19 heavy (non-hydrogen) atoms. The highest BCUT2D eigenvalue weighted by molar-refractivity contribution is 6.32. The van der Waals surface area contributed by atoms with Crippen LogP contribution in [-0.4, -0.2) is 11.4 Å². The predicted octanol–water partition coefficient (Wildman–Crippen LogP) is 3.87. The second-order valence-electron chi connectivity index (χ2n) is 3.85. The van der Waals surface area contributed by atoms with E-state index in [9.17, 15) is 4.39 Å². The van der Waals surface area contributed by atoms with Gasteiger partial charge in [-0.05, 0) is 41.5 Å². The Hall–Kier alpha value is -2.07. The van der Waals surface area contributed by atoms with Gasteiger partial charge < -0.3 is 9.94 Å². The van der Waals surface area contributed by atoms with Crippen molar-refractivity contribution >= 4 is 17.8 Å². The van der Waals surface area contributed by atoms with Gasteiger partial charge in [0.2, 0.25) is 0 Å². The lowest BCUT2D eigenvalue weighted by atomic mass is 10.2. The van der Waals surface area contributed by atoms with E-state index < -0.39 is 0 Å². The summed E-state index contributed by atoms with van der Waals surface area (Å²) >= 11 is 6.03. The molecular formula is C14H11ClFNO2. The first-order valence-corrected chi connectivity index (χ1v) is 5.91. The summed E-state index contributed by atoms with van der Waals surface area (Å²) in [6.07, 6.45) is 1.27. The summed E-state index contributed by atoms with van der Waals surface area (Å²) in [5.74, 6) is 0.232. The summed E-state index contributed by atoms with van der Waals surface area (Å²) in [4.78, 5) is 0. The Morgan fingerprint density at radius 3 is 2.58 bits per heavy atom. The van der Waals surface area contributed by atoms with Crippen LogP contribution in [0.15, 0.2) is 47.6 Å². The third-order valence-electron chi connectivity index (χ3n) is 2.47. The van der Waals surface area contributed by atoms with Crippen molar-refractivity contribution in [3.63, 3.8) is 0 Å². The Labute approximate surface area is 114 Å². The number of ether oxygens (including phenoxy) is 1. The van der Waals surface area contributed by atoms with Gasteiger partial charge in [-0.1, -0.05) is 28.9 Å². The van der Waals surface area contributed by atoms with Crippen molar-refractivity contribution in [2.75, 3.05) is 0 Å². The Kier molecular flexibility index (Phi) is 4.36. The van der Waals surface area contributed by atoms with Crippen LogP contribution in [0.25, 0.3) is 0 Å². The molecular weight excluding hydrogens is 269 g/mol. The van der Waals surface area contributed by atoms with Gasteiger partial charge in [0, 0.05) is 0 Å². The minimum Gasteiger partial charge on any atom is -0.487 e. The first-order valence-electron chi connectivity index (χ1n) is 5.53. The van der Waals surface area contributed by atoms with E-state index in [4.69, 9.17) is 21.5 Å². The number of hydrogen-bond acceptors (Lipinski definition) is 3. The van der Waals surface area contributed by atoms with Crippen molar-refractivity contribution in [2.24, 2.45) is 5.16 Å². The zero-order chi connectivity index (χ0) is 13.7. The third-order valence-corrected chi connectivity index (χ3v) is 2.77. The molecule has 0 radical (unpaired) electrons. The molecule has 2 aromatic rings. The molecule has 0 spiro atoms. The third kappa shape index (κ3) is 3.69. The van der Waals surface area contributed by atoms with E-state index in [0.717, 1.165) is 5.56 Å². The first kappa shape index (κ1) is 13.4. The summed E-state index contributed by atoms with van der Waals surface area (Å²) in [5.41, 5.74) is 1.51. The van der Waals surface area contributed by atoms with Gasteiger partial charge in [-0.15, -0.1) is 0 Å². The Morgan fingerprint density at radius 1 is 1.21 bits per heavy atom. The number of benzene rings is 2. The van der Waals surface area contributed by atoms with Gasteiger partial charge in [0.05, 0.1) is 11.2 Å². The molecule has 0 atom stereocenters. The highest BCUT2D eigenvalue weighted by Crippen LogP contribution is 2.25. The maximum Gasteiger partial charge on any atom is 0.138 e. The van der Waals surface area contributed by atoms with Crippen molar-refractivity contribution < 1.29 is 14.3 Å². The summed E-state index contributed by atoms with van der Waals surface area (Å²) < 4.78 is 18.3. The Bertz CT molecular complexity index is 584. The molecule has 2 aromatic carbocycles. The topological polar surface area (TPSA) is 41.8 Å². The number of hydrogen-bond donors (Lipinski definition) is 1. The average Bonchev–Trinajstić information content (AvgIpc) is 2.40. The van der Waals surface area contributed by atoms with Crippen LogP contribution in [0.2, 0.25) is 5.02 Å². The molecule has 0 fully saturated rings. The average molecular weight is 280 g/mol. The highest BCUT2D eigenvalue weighted by Gasteiger charge is 2.03. The molecule has 0 aliphatic rings. The van der Waals surface area contributed by atoms with Gasteiger partial charge in [0.15, 0.2) is 0 Å². The normalized spacial score (nSPS) is 10.8. The summed E-state index contributed by atoms with van der Waals surface area (Å²) in [7, 11) is 0. The predicted molar refractivity (Wildman–Crippen MR) is 71.6 cm³/mol. The number of halogens is 2. The first-order chi connectivity index (χ1) is 9.19. The van der Waals surface area contributed by atoms with Crippen LogP contribution in [0.4, 0.5) is 4.39 Å². The van der Waals surface area contributed by atoms with Gasteiger partial charge in [-0.25, -0.2) is 4.39 Å². The SMILES string of the molecule is ON=Cc1ccc(OCc2ccc(F)cc2)c(Cl)c1. The molecule has 0 saturated heterocycles. The van der Waals surface area contributed by atoms with E-state index >= 15 is 0 Å². The summed E-state index contributed by atoms with van der Waals surface area (Å²) in [6.45, 7) is 0.299. The van der Waals surface area contributed by atoms with Crippen molar-refractivity contribution in [3.8, 4) is 5.75 Å². The molecule has 0 aliphatic heterocycles. The van der Waals surface area contributed by atoms with Gasteiger partial charge >= 0.3 is 0 Å². The van der Waals surface area contributed by atoms with E-state index in [1.807, 2.05) is 0 Å². The maximum absolute atomic E-state index is 12.7. The van der Waals surface area contributed by atoms with Crippen LogP contribution < -0.4 is 4.74 Å². The van der Waals surface area contributed by atoms with Gasteiger partial charge in [0.25, 0.3) is 0 Å². The lowest BCUT2D eigenvalue weighted by Gasteiger charge is -2.08. The zero-order valence-corrected chi connectivity index (χ0v) is 10.6. The fraction of sp³-hybridized carbons (Fsp3) is 0.0714. The Morgan fingerprint density at radius 2 is 1.95 bits per heavy atom. The molecule has 3 nitrogen and oxygen atoms in total. The van der Waals surface area contributed by atoms with Crippen LogP contribution in [0.5, 0.6) is 5.75 Å². The molecule has 98 valence electrons. The number of nitrogens with zero attached hydrogens (tertiary/aromatic N) is 1. The molecule has 0 saturated carbocycles. The molecule has 0 aromatic heterocycles. The molecule has 5 heteroatoms. The lowest BCUT2D eigenvalue weighted by molar-refractivity contribution is 0.306. The van der Waals surface area contributed by atoms with Crippen molar-refractivity contribution in [3.05, 3.63) is 64.4 Å². The molecule has 0 bridgehead atoms. The van der Waals surface area contributed by atoms with Gasteiger partial charge in [-0.3, -0.25) is 0 Å². The lowest BCUT2D eigenvalue weighted by Crippen LogP contribution is -1.96. The fourth-order valence-corrected chi connectivity index (χ4v) is 1.77. The van der Waals surface area contributed by atoms with E-state index in [-0.39, 0.29) is 5.82 Å². The summed E-state index contributed by atoms with van der Waals surface area (Å²) in [6, 6.07) is 11.1. The van der Waals surface area contributed by atoms with E-state index in [2.05, 4.69) is 5.16 Å². The fourth-order valence-electron chi connectivity index (χ4n) is 1.52. The Balaban J connectivity index is 2.05. The molecule has 2 rings (SSSR count). The van der Waals surface area contributed by atoms with E-state index in [1.165, 1.54) is 18.3 Å². The van der Waals surface area contributed by atoms with E-state index in [0.29, 0.717) is 22.9 Å². The van der Waals surface area contributed by atoms with Crippen molar-refractivity contribution in [2.45, 2.75) is 6.61 Å². The number of oxime groups is 1. The minimum absolute atomic E-state index is 0.283. The standard InChI is InChI=1S/C14H11ClFNO2/c15-13-7-11(8-17-18)3-6-14(13)19-9-10-1-4-12(16)5-2-10/h1-8,18H,9H2. The quantitative estimate of drug-likeness (QED) is 0.524. The minimum atomic E-state index is -0.283. The largest absolute Gasteiger partial charge is 0.487 e. The van der Waals surface area contributed by atoms with Crippen molar-refractivity contribution in [1.29, 1.82) is 0 Å². The molecule has 0 amide bonds. The van der Waals surface area contributed by atoms with Gasteiger partial charge in [-0.2, -0.15) is 0 Å². The summed E-state index contributed by atoms with van der Waals surface area (Å²) in [5, 5.41) is 11.8. The smallest absolute Gasteiger partial charge is 0.138 e. The zero-order valence-electron chi connectivity index (χ0n) is 9.88. The van der Waals surface area contributed by atoms with Crippen LogP contribution in [0.3, 0.4) is 0 Å². The van der Waals surface area contributed by atoms with Gasteiger partial charge in [0.1, 0.15) is 18.2 Å². The number of rotatable bonds is 4. The van der Waals surface area contributed by atoms with Crippen LogP contribution in [0, 0.1) is 5.82 Å². The van der Waals surface area contributed by atoms with Crippen LogP contribution >= 0.6 is 11.6 Å². The maximum atomic E-state index is 12.7. The van der Waals surface area contributed by atoms with Crippen LogP contribution in [0.1, 0.15) is 11.1 Å². The monoisotopic (exact) mass is 279 g/mol. The van der Waals surface area contributed by atoms with Crippen molar-refractivity contribution in [1.82, 2.24) is 0 Å². The second kappa shape index (κ2) is 6.20.